The van der Waals surface area contributed by atoms with Crippen LogP contribution in [0.25, 0.3) is 5.69 Å². The largest absolute Gasteiger partial charge is 0.336 e. The fourth-order valence-corrected chi connectivity index (χ4v) is 2.67. The molecule has 1 amide bonds. The molecule has 1 aromatic heterocycles. The van der Waals surface area contributed by atoms with Crippen LogP contribution in [0.3, 0.4) is 0 Å². The lowest BCUT2D eigenvalue weighted by Gasteiger charge is -2.25. The van der Waals surface area contributed by atoms with Crippen molar-refractivity contribution in [1.29, 1.82) is 0 Å². The number of carbonyl (C=O) groups excluding carboxylic acids is 1. The van der Waals surface area contributed by atoms with Crippen molar-refractivity contribution in [1.82, 2.24) is 19.7 Å². The number of carbonyl (C=O) groups is 1. The molecule has 0 saturated carbocycles. The highest BCUT2D eigenvalue weighted by atomic mass is 35.5. The molecule has 1 aliphatic heterocycles. The van der Waals surface area contributed by atoms with E-state index in [9.17, 15) is 4.79 Å². The summed E-state index contributed by atoms with van der Waals surface area (Å²) in [6.45, 7) is 3.44. The number of amides is 1. The Morgan fingerprint density at radius 3 is 2.48 bits per heavy atom. The van der Waals surface area contributed by atoms with Crippen molar-refractivity contribution in [3.63, 3.8) is 0 Å². The second-order valence-electron chi connectivity index (χ2n) is 5.22. The van der Waals surface area contributed by atoms with Crippen LogP contribution in [0, 0.1) is 6.92 Å². The highest BCUT2D eigenvalue weighted by molar-refractivity contribution is 6.30. The predicted molar refractivity (Wildman–Crippen MR) is 80.9 cm³/mol. The quantitative estimate of drug-likeness (QED) is 0.857. The molecule has 21 heavy (non-hydrogen) atoms. The summed E-state index contributed by atoms with van der Waals surface area (Å²) in [6.07, 6.45) is 3.31. The SMILES string of the molecule is Cc1nc(C(=O)N2CCCCC2)nn1-c1ccc(Cl)cc1. The van der Waals surface area contributed by atoms with Gasteiger partial charge in [-0.25, -0.2) is 9.67 Å². The third kappa shape index (κ3) is 2.93. The monoisotopic (exact) mass is 304 g/mol. The van der Waals surface area contributed by atoms with Gasteiger partial charge in [0.1, 0.15) is 5.82 Å². The standard InChI is InChI=1S/C15H17ClN4O/c1-11-17-14(15(21)19-9-3-2-4-10-19)18-20(11)13-7-5-12(16)6-8-13/h5-8H,2-4,9-10H2,1H3. The number of nitrogens with zero attached hydrogens (tertiary/aromatic N) is 4. The molecule has 0 unspecified atom stereocenters. The number of hydrogen-bond acceptors (Lipinski definition) is 3. The number of halogens is 1. The molecular weight excluding hydrogens is 288 g/mol. The average Bonchev–Trinajstić information content (AvgIpc) is 2.90. The van der Waals surface area contributed by atoms with Crippen LogP contribution in [0.15, 0.2) is 24.3 Å². The van der Waals surface area contributed by atoms with E-state index in [1.807, 2.05) is 24.0 Å². The Kier molecular flexibility index (Phi) is 3.92. The van der Waals surface area contributed by atoms with E-state index in [0.29, 0.717) is 10.8 Å². The minimum absolute atomic E-state index is 0.0782. The van der Waals surface area contributed by atoms with Gasteiger partial charge in [-0.1, -0.05) is 11.6 Å². The first-order chi connectivity index (χ1) is 10.1. The first-order valence-corrected chi connectivity index (χ1v) is 7.52. The Balaban J connectivity index is 1.86. The van der Waals surface area contributed by atoms with Crippen LogP contribution in [-0.2, 0) is 0 Å². The van der Waals surface area contributed by atoms with Crippen molar-refractivity contribution < 1.29 is 4.79 Å². The lowest BCUT2D eigenvalue weighted by atomic mass is 10.1. The second kappa shape index (κ2) is 5.85. The van der Waals surface area contributed by atoms with Crippen molar-refractivity contribution in [3.8, 4) is 5.69 Å². The van der Waals surface area contributed by atoms with Crippen LogP contribution >= 0.6 is 11.6 Å². The van der Waals surface area contributed by atoms with Crippen molar-refractivity contribution in [3.05, 3.63) is 40.9 Å². The molecule has 0 bridgehead atoms. The average molecular weight is 305 g/mol. The molecule has 6 heteroatoms. The lowest BCUT2D eigenvalue weighted by Crippen LogP contribution is -2.36. The van der Waals surface area contributed by atoms with Gasteiger partial charge in [-0.2, -0.15) is 0 Å². The third-order valence-corrected chi connectivity index (χ3v) is 3.93. The van der Waals surface area contributed by atoms with Crippen LogP contribution in [0.5, 0.6) is 0 Å². The van der Waals surface area contributed by atoms with Gasteiger partial charge < -0.3 is 4.90 Å². The highest BCUT2D eigenvalue weighted by Gasteiger charge is 2.22. The molecular formula is C15H17ClN4O. The molecule has 0 spiro atoms. The van der Waals surface area contributed by atoms with Gasteiger partial charge in [-0.15, -0.1) is 5.10 Å². The van der Waals surface area contributed by atoms with E-state index in [-0.39, 0.29) is 11.7 Å². The van der Waals surface area contributed by atoms with Crippen molar-refractivity contribution in [2.24, 2.45) is 0 Å². The van der Waals surface area contributed by atoms with E-state index in [1.54, 1.807) is 16.8 Å². The maximum absolute atomic E-state index is 12.4. The molecule has 1 aromatic carbocycles. The molecule has 0 radical (unpaired) electrons. The lowest BCUT2D eigenvalue weighted by molar-refractivity contribution is 0.0712. The van der Waals surface area contributed by atoms with Crippen LogP contribution in [0.4, 0.5) is 0 Å². The summed E-state index contributed by atoms with van der Waals surface area (Å²) in [5.41, 5.74) is 0.849. The van der Waals surface area contributed by atoms with Gasteiger partial charge in [0.2, 0.25) is 5.82 Å². The van der Waals surface area contributed by atoms with Crippen molar-refractivity contribution >= 4 is 17.5 Å². The van der Waals surface area contributed by atoms with E-state index in [0.717, 1.165) is 31.6 Å². The van der Waals surface area contributed by atoms with Crippen LogP contribution in [-0.4, -0.2) is 38.7 Å². The number of likely N-dealkylation sites (tertiary alicyclic amines) is 1. The highest BCUT2D eigenvalue weighted by Crippen LogP contribution is 2.16. The molecule has 1 saturated heterocycles. The fourth-order valence-electron chi connectivity index (χ4n) is 2.55. The molecule has 5 nitrogen and oxygen atoms in total. The minimum Gasteiger partial charge on any atom is -0.336 e. The summed E-state index contributed by atoms with van der Waals surface area (Å²) in [6, 6.07) is 7.31. The van der Waals surface area contributed by atoms with E-state index in [1.165, 1.54) is 6.42 Å². The Bertz CT molecular complexity index is 644. The maximum Gasteiger partial charge on any atom is 0.293 e. The summed E-state index contributed by atoms with van der Waals surface area (Å²) in [5.74, 6) is 0.882. The molecule has 0 aliphatic carbocycles. The maximum atomic E-state index is 12.4. The zero-order valence-corrected chi connectivity index (χ0v) is 12.7. The normalized spacial score (nSPS) is 15.2. The first kappa shape index (κ1) is 14.1. The summed E-state index contributed by atoms with van der Waals surface area (Å²) in [4.78, 5) is 18.6. The number of rotatable bonds is 2. The molecule has 0 atom stereocenters. The Morgan fingerprint density at radius 2 is 1.81 bits per heavy atom. The van der Waals surface area contributed by atoms with Gasteiger partial charge in [0.05, 0.1) is 5.69 Å². The number of piperidine rings is 1. The van der Waals surface area contributed by atoms with Crippen molar-refractivity contribution in [2.75, 3.05) is 13.1 Å². The Morgan fingerprint density at radius 1 is 1.14 bits per heavy atom. The van der Waals surface area contributed by atoms with E-state index in [4.69, 9.17) is 11.6 Å². The molecule has 0 N–H and O–H groups in total. The summed E-state index contributed by atoms with van der Waals surface area (Å²) in [5, 5.41) is 5.02. The van der Waals surface area contributed by atoms with Gasteiger partial charge in [0.15, 0.2) is 0 Å². The number of benzene rings is 1. The van der Waals surface area contributed by atoms with Gasteiger partial charge in [0.25, 0.3) is 5.91 Å². The fraction of sp³-hybridized carbons (Fsp3) is 0.400. The van der Waals surface area contributed by atoms with Gasteiger partial charge in [-0.05, 0) is 50.5 Å². The molecule has 1 fully saturated rings. The molecule has 1 aliphatic rings. The summed E-state index contributed by atoms with van der Waals surface area (Å²) >= 11 is 5.89. The third-order valence-electron chi connectivity index (χ3n) is 3.67. The second-order valence-corrected chi connectivity index (χ2v) is 5.66. The Labute approximate surface area is 128 Å². The van der Waals surface area contributed by atoms with Gasteiger partial charge in [0, 0.05) is 18.1 Å². The number of aromatic nitrogens is 3. The van der Waals surface area contributed by atoms with E-state index in [2.05, 4.69) is 10.1 Å². The molecule has 2 heterocycles. The smallest absolute Gasteiger partial charge is 0.293 e. The van der Waals surface area contributed by atoms with Crippen LogP contribution < -0.4 is 0 Å². The molecule has 2 aromatic rings. The summed E-state index contributed by atoms with van der Waals surface area (Å²) in [7, 11) is 0. The van der Waals surface area contributed by atoms with Gasteiger partial charge in [-0.3, -0.25) is 4.79 Å². The zero-order valence-electron chi connectivity index (χ0n) is 11.9. The Hall–Kier alpha value is -1.88. The molecule has 110 valence electrons. The van der Waals surface area contributed by atoms with Gasteiger partial charge >= 0.3 is 0 Å². The van der Waals surface area contributed by atoms with E-state index >= 15 is 0 Å². The minimum atomic E-state index is -0.0782. The topological polar surface area (TPSA) is 51.0 Å². The van der Waals surface area contributed by atoms with Crippen LogP contribution in [0.1, 0.15) is 35.7 Å². The van der Waals surface area contributed by atoms with Crippen molar-refractivity contribution in [2.45, 2.75) is 26.2 Å². The summed E-state index contributed by atoms with van der Waals surface area (Å²) < 4.78 is 1.67. The first-order valence-electron chi connectivity index (χ1n) is 7.14. The molecule has 3 rings (SSSR count). The number of aryl methyl sites for hydroxylation is 1. The van der Waals surface area contributed by atoms with E-state index < -0.39 is 0 Å². The van der Waals surface area contributed by atoms with Crippen LogP contribution in [0.2, 0.25) is 5.02 Å². The zero-order chi connectivity index (χ0) is 14.8. The number of hydrogen-bond donors (Lipinski definition) is 0. The predicted octanol–water partition coefficient (Wildman–Crippen LogP) is 2.86.